The van der Waals surface area contributed by atoms with Crippen LogP contribution in [0.5, 0.6) is 5.75 Å². The highest BCUT2D eigenvalue weighted by atomic mass is 16.5. The Morgan fingerprint density at radius 3 is 2.56 bits per heavy atom. The highest BCUT2D eigenvalue weighted by Crippen LogP contribution is 2.25. The van der Waals surface area contributed by atoms with Crippen molar-refractivity contribution in [3.63, 3.8) is 0 Å². The molecule has 2 aromatic rings. The van der Waals surface area contributed by atoms with Gasteiger partial charge in [0.1, 0.15) is 5.75 Å². The number of carbonyl (C=O) groups is 2. The van der Waals surface area contributed by atoms with E-state index in [0.717, 1.165) is 22.6 Å². The fourth-order valence-electron chi connectivity index (χ4n) is 3.08. The summed E-state index contributed by atoms with van der Waals surface area (Å²) < 4.78 is 5.11. The number of nitrogens with one attached hydrogen (secondary N) is 1. The average molecular weight is 364 g/mol. The van der Waals surface area contributed by atoms with Gasteiger partial charge in [0.2, 0.25) is 11.8 Å². The van der Waals surface area contributed by atoms with Gasteiger partial charge in [0.15, 0.2) is 0 Å². The van der Waals surface area contributed by atoms with Crippen LogP contribution in [0.2, 0.25) is 0 Å². The molecule has 1 aliphatic heterocycles. The maximum atomic E-state index is 12.3. The van der Waals surface area contributed by atoms with Crippen molar-refractivity contribution in [2.45, 2.75) is 13.3 Å². The molecule has 5 heteroatoms. The second-order valence-corrected chi connectivity index (χ2v) is 6.76. The van der Waals surface area contributed by atoms with Gasteiger partial charge >= 0.3 is 0 Å². The number of rotatable bonds is 6. The molecule has 0 aliphatic carbocycles. The Bertz CT molecular complexity index is 826. The lowest BCUT2D eigenvalue weighted by atomic mass is 10.1. The molecule has 140 valence electrons. The Morgan fingerprint density at radius 2 is 1.89 bits per heavy atom. The quantitative estimate of drug-likeness (QED) is 0.801. The summed E-state index contributed by atoms with van der Waals surface area (Å²) in [4.78, 5) is 26.1. The van der Waals surface area contributed by atoms with Gasteiger partial charge < -0.3 is 15.0 Å². The molecule has 0 aromatic heterocycles. The van der Waals surface area contributed by atoms with Crippen LogP contribution in [0.25, 0.3) is 6.08 Å². The van der Waals surface area contributed by atoms with Crippen molar-refractivity contribution in [1.29, 1.82) is 0 Å². The van der Waals surface area contributed by atoms with Gasteiger partial charge in [-0.25, -0.2) is 0 Å². The van der Waals surface area contributed by atoms with Crippen LogP contribution in [0.1, 0.15) is 17.5 Å². The van der Waals surface area contributed by atoms with Crippen molar-refractivity contribution >= 4 is 23.6 Å². The van der Waals surface area contributed by atoms with E-state index in [0.29, 0.717) is 19.5 Å². The van der Waals surface area contributed by atoms with Crippen LogP contribution in [-0.2, 0) is 9.59 Å². The predicted octanol–water partition coefficient (Wildman–Crippen LogP) is 3.19. The third kappa shape index (κ3) is 4.97. The van der Waals surface area contributed by atoms with Crippen molar-refractivity contribution in [3.8, 4) is 5.75 Å². The molecule has 2 aromatic carbocycles. The number of ether oxygens (including phenoxy) is 1. The summed E-state index contributed by atoms with van der Waals surface area (Å²) >= 11 is 0. The highest BCUT2D eigenvalue weighted by molar-refractivity contribution is 5.96. The Labute approximate surface area is 159 Å². The van der Waals surface area contributed by atoms with Gasteiger partial charge in [-0.15, -0.1) is 0 Å². The third-order valence-electron chi connectivity index (χ3n) is 4.66. The van der Waals surface area contributed by atoms with Crippen LogP contribution < -0.4 is 15.0 Å². The van der Waals surface area contributed by atoms with E-state index in [4.69, 9.17) is 4.74 Å². The summed E-state index contributed by atoms with van der Waals surface area (Å²) in [5.41, 5.74) is 3.00. The minimum atomic E-state index is -0.160. The summed E-state index contributed by atoms with van der Waals surface area (Å²) in [6.07, 6.45) is 3.72. The van der Waals surface area contributed by atoms with Gasteiger partial charge in [0, 0.05) is 37.2 Å². The van der Waals surface area contributed by atoms with E-state index in [-0.39, 0.29) is 17.7 Å². The fraction of sp³-hybridized carbons (Fsp3) is 0.273. The molecule has 1 unspecified atom stereocenters. The number of benzene rings is 2. The first-order valence-corrected chi connectivity index (χ1v) is 9.02. The van der Waals surface area contributed by atoms with Crippen LogP contribution >= 0.6 is 0 Å². The van der Waals surface area contributed by atoms with Gasteiger partial charge in [-0.05, 0) is 42.8 Å². The van der Waals surface area contributed by atoms with Crippen molar-refractivity contribution in [2.75, 3.05) is 25.1 Å². The highest BCUT2D eigenvalue weighted by Gasteiger charge is 2.30. The molecular weight excluding hydrogens is 340 g/mol. The first-order chi connectivity index (χ1) is 13.0. The van der Waals surface area contributed by atoms with Gasteiger partial charge in [0.05, 0.1) is 7.11 Å². The van der Waals surface area contributed by atoms with Crippen molar-refractivity contribution in [1.82, 2.24) is 5.32 Å². The summed E-state index contributed by atoms with van der Waals surface area (Å²) in [7, 11) is 1.62. The molecule has 1 aliphatic rings. The van der Waals surface area contributed by atoms with Crippen molar-refractivity contribution in [2.24, 2.45) is 5.92 Å². The van der Waals surface area contributed by atoms with Crippen LogP contribution in [-0.4, -0.2) is 32.0 Å². The topological polar surface area (TPSA) is 58.6 Å². The number of hydrogen-bond acceptors (Lipinski definition) is 3. The summed E-state index contributed by atoms with van der Waals surface area (Å²) in [6.45, 7) is 3.14. The van der Waals surface area contributed by atoms with E-state index < -0.39 is 0 Å². The molecule has 0 spiro atoms. The van der Waals surface area contributed by atoms with E-state index in [1.807, 2.05) is 55.5 Å². The number of amides is 2. The number of methoxy groups -OCH3 is 1. The maximum Gasteiger partial charge on any atom is 0.244 e. The molecule has 0 bridgehead atoms. The second-order valence-electron chi connectivity index (χ2n) is 6.76. The van der Waals surface area contributed by atoms with Gasteiger partial charge in [0.25, 0.3) is 0 Å². The minimum absolute atomic E-state index is 0.104. The fourth-order valence-corrected chi connectivity index (χ4v) is 3.08. The van der Waals surface area contributed by atoms with E-state index in [1.54, 1.807) is 18.1 Å². The zero-order chi connectivity index (χ0) is 19.2. The molecule has 2 amide bonds. The Balaban J connectivity index is 1.49. The first-order valence-electron chi connectivity index (χ1n) is 9.02. The molecule has 1 N–H and O–H groups in total. The molecule has 0 saturated carbocycles. The van der Waals surface area contributed by atoms with E-state index in [1.165, 1.54) is 6.08 Å². The third-order valence-corrected chi connectivity index (χ3v) is 4.66. The molecule has 5 nitrogen and oxygen atoms in total. The van der Waals surface area contributed by atoms with Gasteiger partial charge in [-0.1, -0.05) is 29.8 Å². The van der Waals surface area contributed by atoms with Crippen molar-refractivity contribution in [3.05, 3.63) is 65.7 Å². The lowest BCUT2D eigenvalue weighted by Crippen LogP contribution is -2.30. The van der Waals surface area contributed by atoms with Crippen LogP contribution in [0.4, 0.5) is 5.69 Å². The largest absolute Gasteiger partial charge is 0.497 e. The summed E-state index contributed by atoms with van der Waals surface area (Å²) in [5, 5.41) is 2.89. The number of aryl methyl sites for hydroxylation is 1. The lowest BCUT2D eigenvalue weighted by Gasteiger charge is -2.17. The molecule has 1 atom stereocenters. The molecular formula is C22H24N2O3. The molecule has 3 rings (SSSR count). The number of carbonyl (C=O) groups excluding carboxylic acids is 2. The van der Waals surface area contributed by atoms with E-state index >= 15 is 0 Å². The minimum Gasteiger partial charge on any atom is -0.497 e. The Kier molecular flexibility index (Phi) is 5.91. The zero-order valence-electron chi connectivity index (χ0n) is 15.6. The normalized spacial score (nSPS) is 16.7. The predicted molar refractivity (Wildman–Crippen MR) is 107 cm³/mol. The van der Waals surface area contributed by atoms with Crippen LogP contribution in [0.15, 0.2) is 54.6 Å². The molecule has 1 saturated heterocycles. The van der Waals surface area contributed by atoms with Gasteiger partial charge in [-0.3, -0.25) is 9.59 Å². The standard InChI is InChI=1S/C22H24N2O3/c1-16-3-8-19(9-4-16)24-15-18(13-22(24)26)14-23-21(25)12-7-17-5-10-20(27-2)11-6-17/h3-12,18H,13-15H2,1-2H3,(H,23,25)/b12-7-. The van der Waals surface area contributed by atoms with E-state index in [9.17, 15) is 9.59 Å². The van der Waals surface area contributed by atoms with Crippen LogP contribution in [0, 0.1) is 12.8 Å². The molecule has 1 heterocycles. The first kappa shape index (κ1) is 18.7. The number of anilines is 1. The lowest BCUT2D eigenvalue weighted by molar-refractivity contribution is -0.118. The smallest absolute Gasteiger partial charge is 0.244 e. The van der Waals surface area contributed by atoms with Crippen molar-refractivity contribution < 1.29 is 14.3 Å². The van der Waals surface area contributed by atoms with Crippen LogP contribution in [0.3, 0.4) is 0 Å². The Morgan fingerprint density at radius 1 is 1.19 bits per heavy atom. The zero-order valence-corrected chi connectivity index (χ0v) is 15.6. The molecule has 27 heavy (non-hydrogen) atoms. The summed E-state index contributed by atoms with van der Waals surface area (Å²) in [6, 6.07) is 15.4. The monoisotopic (exact) mass is 364 g/mol. The SMILES string of the molecule is COc1ccc(/C=C\C(=O)NCC2CC(=O)N(c3ccc(C)cc3)C2)cc1. The molecule has 0 radical (unpaired) electrons. The molecule has 1 fully saturated rings. The summed E-state index contributed by atoms with van der Waals surface area (Å²) in [5.74, 6) is 0.844. The number of nitrogens with zero attached hydrogens (tertiary/aromatic N) is 1. The Hall–Kier alpha value is -3.08. The van der Waals surface area contributed by atoms with Gasteiger partial charge in [-0.2, -0.15) is 0 Å². The maximum absolute atomic E-state index is 12.3. The second kappa shape index (κ2) is 8.54. The average Bonchev–Trinajstić information content (AvgIpc) is 3.06. The number of hydrogen-bond donors (Lipinski definition) is 1. The van der Waals surface area contributed by atoms with E-state index in [2.05, 4.69) is 5.32 Å².